The molecule has 0 unspecified atom stereocenters. The first kappa shape index (κ1) is 19.5. The molecule has 0 aromatic carbocycles. The number of unbranched alkanes of at least 4 members (excludes halogenated alkanes) is 9. The number of carbonyl (C=O) groups excluding carboxylic acids is 1. The second-order valence-electron chi connectivity index (χ2n) is 5.24. The van der Waals surface area contributed by atoms with Crippen molar-refractivity contribution in [3.05, 3.63) is 0 Å². The highest BCUT2D eigenvalue weighted by Gasteiger charge is 2.02. The van der Waals surface area contributed by atoms with Crippen LogP contribution in [0, 0.1) is 0 Å². The second kappa shape index (κ2) is 12.3. The van der Waals surface area contributed by atoms with E-state index in [4.69, 9.17) is 4.55 Å². The molecule has 0 rings (SSSR count). The number of hydrogen-bond acceptors (Lipinski definition) is 4. The van der Waals surface area contributed by atoms with Crippen LogP contribution in [0.1, 0.15) is 77.6 Å². The minimum absolute atomic E-state index is 0.0645. The van der Waals surface area contributed by atoms with Crippen LogP contribution in [0.4, 0.5) is 0 Å². The average Bonchev–Trinajstić information content (AvgIpc) is 2.33. The molecule has 0 fully saturated rings. The monoisotopic (exact) mass is 308 g/mol. The number of Topliss-reactive ketones (excluding diaryl/α,β-unsaturated/α-hetero) is 1. The highest BCUT2D eigenvalue weighted by atomic mass is 32.3. The fourth-order valence-corrected chi connectivity index (χ4v) is 2.38. The summed E-state index contributed by atoms with van der Waals surface area (Å²) in [6.45, 7) is 1.70. The Hall–Kier alpha value is -0.460. The Balaban J connectivity index is 3.08. The van der Waals surface area contributed by atoms with Crippen LogP contribution in [0.3, 0.4) is 0 Å². The third-order valence-corrected chi connectivity index (χ3v) is 3.62. The van der Waals surface area contributed by atoms with Gasteiger partial charge in [-0.1, -0.05) is 51.4 Å². The summed E-state index contributed by atoms with van der Waals surface area (Å²) >= 11 is 0. The van der Waals surface area contributed by atoms with Crippen molar-refractivity contribution in [2.24, 2.45) is 0 Å². The fraction of sp³-hybridized carbons (Fsp3) is 0.929. The van der Waals surface area contributed by atoms with Gasteiger partial charge in [-0.15, -0.1) is 0 Å². The molecule has 0 aliphatic rings. The van der Waals surface area contributed by atoms with Gasteiger partial charge in [-0.25, -0.2) is 4.18 Å². The van der Waals surface area contributed by atoms with E-state index in [9.17, 15) is 13.2 Å². The Kier molecular flexibility index (Phi) is 12.0. The molecule has 1 N–H and O–H groups in total. The molecule has 0 aliphatic carbocycles. The van der Waals surface area contributed by atoms with Gasteiger partial charge in [0.15, 0.2) is 0 Å². The van der Waals surface area contributed by atoms with E-state index in [0.29, 0.717) is 12.8 Å². The largest absolute Gasteiger partial charge is 0.397 e. The summed E-state index contributed by atoms with van der Waals surface area (Å²) in [6, 6.07) is 0. The molecule has 0 saturated heterocycles. The maximum atomic E-state index is 10.7. The van der Waals surface area contributed by atoms with Gasteiger partial charge in [0.05, 0.1) is 6.61 Å². The van der Waals surface area contributed by atoms with E-state index in [1.54, 1.807) is 6.92 Å². The lowest BCUT2D eigenvalue weighted by Gasteiger charge is -2.02. The molecular weight excluding hydrogens is 280 g/mol. The second-order valence-corrected chi connectivity index (χ2v) is 6.33. The normalized spacial score (nSPS) is 11.7. The maximum Gasteiger partial charge on any atom is 0.397 e. The van der Waals surface area contributed by atoms with E-state index in [1.807, 2.05) is 0 Å². The molecule has 120 valence electrons. The van der Waals surface area contributed by atoms with Crippen LogP contribution < -0.4 is 0 Å². The Bertz CT molecular complexity index is 337. The van der Waals surface area contributed by atoms with Crippen molar-refractivity contribution >= 4 is 16.2 Å². The predicted octanol–water partition coefficient (Wildman–Crippen LogP) is 3.69. The van der Waals surface area contributed by atoms with Crippen molar-refractivity contribution in [3.8, 4) is 0 Å². The number of rotatable bonds is 14. The molecular formula is C14H28O5S. The molecule has 0 saturated carbocycles. The van der Waals surface area contributed by atoms with Crippen molar-refractivity contribution in [1.82, 2.24) is 0 Å². The minimum Gasteiger partial charge on any atom is -0.300 e. The van der Waals surface area contributed by atoms with E-state index in [-0.39, 0.29) is 12.4 Å². The van der Waals surface area contributed by atoms with Crippen LogP contribution >= 0.6 is 0 Å². The van der Waals surface area contributed by atoms with E-state index >= 15 is 0 Å². The minimum atomic E-state index is -4.26. The molecule has 0 radical (unpaired) electrons. The van der Waals surface area contributed by atoms with Gasteiger partial charge >= 0.3 is 10.4 Å². The van der Waals surface area contributed by atoms with E-state index in [1.165, 1.54) is 25.7 Å². The summed E-state index contributed by atoms with van der Waals surface area (Å²) in [5.41, 5.74) is 0. The Morgan fingerprint density at radius 2 is 1.25 bits per heavy atom. The van der Waals surface area contributed by atoms with Gasteiger partial charge in [0, 0.05) is 6.42 Å². The molecule has 0 atom stereocenters. The van der Waals surface area contributed by atoms with Gasteiger partial charge in [0.2, 0.25) is 0 Å². The molecule has 0 spiro atoms. The molecule has 6 heteroatoms. The third-order valence-electron chi connectivity index (χ3n) is 3.16. The standard InChI is InChI=1S/C14H28O5S/c1-14(15)12-10-8-6-4-2-3-5-7-9-11-13-19-20(16,17)18/h2-13H2,1H3,(H,16,17,18). The van der Waals surface area contributed by atoms with E-state index in [2.05, 4.69) is 4.18 Å². The quantitative estimate of drug-likeness (QED) is 0.391. The van der Waals surface area contributed by atoms with Crippen LogP contribution in [0.2, 0.25) is 0 Å². The molecule has 0 bridgehead atoms. The zero-order chi connectivity index (χ0) is 15.3. The van der Waals surface area contributed by atoms with Crippen molar-refractivity contribution in [2.45, 2.75) is 77.6 Å². The Morgan fingerprint density at radius 1 is 0.850 bits per heavy atom. The van der Waals surface area contributed by atoms with Crippen molar-refractivity contribution in [1.29, 1.82) is 0 Å². The predicted molar refractivity (Wildman–Crippen MR) is 79.0 cm³/mol. The number of hydrogen-bond donors (Lipinski definition) is 1. The first-order valence-corrected chi connectivity index (χ1v) is 8.89. The van der Waals surface area contributed by atoms with Gasteiger partial charge in [0.25, 0.3) is 0 Å². The summed E-state index contributed by atoms with van der Waals surface area (Å²) < 4.78 is 33.1. The van der Waals surface area contributed by atoms with Crippen LogP contribution in [0.15, 0.2) is 0 Å². The molecule has 5 nitrogen and oxygen atoms in total. The highest BCUT2D eigenvalue weighted by Crippen LogP contribution is 2.11. The summed E-state index contributed by atoms with van der Waals surface area (Å²) in [7, 11) is -4.26. The zero-order valence-corrected chi connectivity index (χ0v) is 13.3. The van der Waals surface area contributed by atoms with Gasteiger partial charge < -0.3 is 4.79 Å². The smallest absolute Gasteiger partial charge is 0.300 e. The van der Waals surface area contributed by atoms with Gasteiger partial charge in [-0.2, -0.15) is 8.42 Å². The number of ketones is 1. The lowest BCUT2D eigenvalue weighted by Crippen LogP contribution is -2.04. The van der Waals surface area contributed by atoms with Crippen LogP contribution in [-0.4, -0.2) is 25.4 Å². The van der Waals surface area contributed by atoms with E-state index < -0.39 is 10.4 Å². The lowest BCUT2D eigenvalue weighted by molar-refractivity contribution is -0.117. The van der Waals surface area contributed by atoms with Gasteiger partial charge in [-0.3, -0.25) is 4.55 Å². The van der Waals surface area contributed by atoms with Crippen LogP contribution in [0.5, 0.6) is 0 Å². The zero-order valence-electron chi connectivity index (χ0n) is 12.5. The maximum absolute atomic E-state index is 10.7. The lowest BCUT2D eigenvalue weighted by atomic mass is 10.1. The first-order chi connectivity index (χ1) is 9.42. The first-order valence-electron chi connectivity index (χ1n) is 7.53. The van der Waals surface area contributed by atoms with E-state index in [0.717, 1.165) is 32.1 Å². The topological polar surface area (TPSA) is 80.7 Å². The van der Waals surface area contributed by atoms with Crippen molar-refractivity contribution in [2.75, 3.05) is 6.61 Å². The average molecular weight is 308 g/mol. The highest BCUT2D eigenvalue weighted by molar-refractivity contribution is 7.80. The van der Waals surface area contributed by atoms with Gasteiger partial charge in [-0.05, 0) is 19.8 Å². The third kappa shape index (κ3) is 17.5. The van der Waals surface area contributed by atoms with Crippen molar-refractivity contribution < 1.29 is 21.9 Å². The molecule has 0 aromatic rings. The molecule has 0 heterocycles. The van der Waals surface area contributed by atoms with Crippen molar-refractivity contribution in [3.63, 3.8) is 0 Å². The summed E-state index contributed by atoms with van der Waals surface area (Å²) in [5.74, 6) is 0.281. The van der Waals surface area contributed by atoms with Gasteiger partial charge in [0.1, 0.15) is 5.78 Å². The SMILES string of the molecule is CC(=O)CCCCCCCCCCCCOS(=O)(=O)O. The fourth-order valence-electron chi connectivity index (χ4n) is 2.05. The van der Waals surface area contributed by atoms with Crippen LogP contribution in [-0.2, 0) is 19.4 Å². The summed E-state index contributed by atoms with van der Waals surface area (Å²) in [6.07, 6.45) is 11.5. The molecule has 0 aromatic heterocycles. The molecule has 20 heavy (non-hydrogen) atoms. The summed E-state index contributed by atoms with van der Waals surface area (Å²) in [4.78, 5) is 10.7. The Labute approximate surface area is 123 Å². The Morgan fingerprint density at radius 3 is 1.65 bits per heavy atom. The molecule has 0 aliphatic heterocycles. The summed E-state index contributed by atoms with van der Waals surface area (Å²) in [5, 5.41) is 0. The van der Waals surface area contributed by atoms with Crippen LogP contribution in [0.25, 0.3) is 0 Å². The molecule has 0 amide bonds. The number of carbonyl (C=O) groups is 1.